The van der Waals surface area contributed by atoms with Gasteiger partial charge in [0.15, 0.2) is 12.0 Å². The van der Waals surface area contributed by atoms with Crippen LogP contribution in [0.1, 0.15) is 18.1 Å². The van der Waals surface area contributed by atoms with Gasteiger partial charge in [0.05, 0.1) is 24.9 Å². The highest BCUT2D eigenvalue weighted by molar-refractivity contribution is 7.87. The van der Waals surface area contributed by atoms with Crippen molar-refractivity contribution in [3.63, 3.8) is 0 Å². The molecule has 1 unspecified atom stereocenters. The van der Waals surface area contributed by atoms with Crippen molar-refractivity contribution in [1.29, 1.82) is 0 Å². The summed E-state index contributed by atoms with van der Waals surface area (Å²) in [5.74, 6) is 0.551. The van der Waals surface area contributed by atoms with E-state index in [1.54, 1.807) is 48.9 Å². The molecule has 0 radical (unpaired) electrons. The number of hydrogen-bond donors (Lipinski definition) is 1. The lowest BCUT2D eigenvalue weighted by Gasteiger charge is -2.19. The van der Waals surface area contributed by atoms with Crippen molar-refractivity contribution in [3.8, 4) is 11.5 Å². The number of fused-ring (bicyclic) bond motifs is 2. The summed E-state index contributed by atoms with van der Waals surface area (Å²) >= 11 is 6.40. The van der Waals surface area contributed by atoms with Gasteiger partial charge in [0.25, 0.3) is 5.56 Å². The number of pyridine rings is 1. The lowest BCUT2D eigenvalue weighted by atomic mass is 10.1. The Balaban J connectivity index is 1.56. The van der Waals surface area contributed by atoms with Crippen molar-refractivity contribution in [2.45, 2.75) is 24.6 Å². The molecular formula is C31H25ClN2O6S. The van der Waals surface area contributed by atoms with Crippen LogP contribution in [0.5, 0.6) is 11.5 Å². The first-order chi connectivity index (χ1) is 19.7. The fourth-order valence-corrected chi connectivity index (χ4v) is 6.03. The predicted molar refractivity (Wildman–Crippen MR) is 159 cm³/mol. The van der Waals surface area contributed by atoms with E-state index in [9.17, 15) is 13.2 Å². The molecule has 10 heteroatoms. The molecule has 0 fully saturated rings. The largest absolute Gasteiger partial charge is 0.497 e. The standard InChI is InChI=1S/C31H25ClN2O6S/c1-19-33-27(18-39-19)29-30(40-41(36,37)25-13-9-21-5-3-4-6-22(21)15-25)26-16-23(32)10-14-28(26)34(31(29)35)17-20-7-11-24(38-2)12-8-20/h3-16,18-19,33H,17H2,1-2H3. The van der Waals surface area contributed by atoms with Crippen LogP contribution in [0, 0.1) is 0 Å². The summed E-state index contributed by atoms with van der Waals surface area (Å²) in [6, 6.07) is 24.4. The highest BCUT2D eigenvalue weighted by atomic mass is 35.5. The van der Waals surface area contributed by atoms with Crippen molar-refractivity contribution in [2.24, 2.45) is 0 Å². The molecule has 2 heterocycles. The molecule has 1 aromatic heterocycles. The maximum Gasteiger partial charge on any atom is 0.339 e. The quantitative estimate of drug-likeness (QED) is 0.237. The molecule has 0 bridgehead atoms. The van der Waals surface area contributed by atoms with Gasteiger partial charge in [-0.1, -0.05) is 54.1 Å². The highest BCUT2D eigenvalue weighted by Crippen LogP contribution is 2.36. The number of benzene rings is 4. The van der Waals surface area contributed by atoms with E-state index in [4.69, 9.17) is 25.3 Å². The van der Waals surface area contributed by atoms with Gasteiger partial charge in [-0.15, -0.1) is 0 Å². The molecule has 1 N–H and O–H groups in total. The van der Waals surface area contributed by atoms with Crippen LogP contribution in [-0.2, 0) is 21.4 Å². The van der Waals surface area contributed by atoms with Crippen LogP contribution in [0.2, 0.25) is 5.02 Å². The molecule has 0 spiro atoms. The van der Waals surface area contributed by atoms with Crippen LogP contribution in [-0.4, -0.2) is 26.3 Å². The van der Waals surface area contributed by atoms with Crippen LogP contribution in [0.3, 0.4) is 0 Å². The Morgan fingerprint density at radius 3 is 2.44 bits per heavy atom. The average molecular weight is 589 g/mol. The Labute approximate surface area is 241 Å². The third-order valence-electron chi connectivity index (χ3n) is 6.90. The van der Waals surface area contributed by atoms with E-state index in [2.05, 4.69) is 5.32 Å². The summed E-state index contributed by atoms with van der Waals surface area (Å²) in [5, 5.41) is 5.42. The second-order valence-corrected chi connectivity index (χ2v) is 11.6. The van der Waals surface area contributed by atoms with E-state index in [1.165, 1.54) is 12.3 Å². The Morgan fingerprint density at radius 2 is 1.73 bits per heavy atom. The summed E-state index contributed by atoms with van der Waals surface area (Å²) in [6.07, 6.45) is 0.963. The topological polar surface area (TPSA) is 95.9 Å². The highest BCUT2D eigenvalue weighted by Gasteiger charge is 2.29. The summed E-state index contributed by atoms with van der Waals surface area (Å²) in [6.45, 7) is 1.97. The Kier molecular flexibility index (Phi) is 6.84. The number of nitrogens with zero attached hydrogens (tertiary/aromatic N) is 1. The summed E-state index contributed by atoms with van der Waals surface area (Å²) in [7, 11) is -2.79. The van der Waals surface area contributed by atoms with Crippen molar-refractivity contribution < 1.29 is 22.1 Å². The van der Waals surface area contributed by atoms with Crippen LogP contribution in [0.25, 0.3) is 27.4 Å². The third-order valence-corrected chi connectivity index (χ3v) is 8.35. The minimum Gasteiger partial charge on any atom is -0.497 e. The first-order valence-electron chi connectivity index (χ1n) is 12.8. The summed E-state index contributed by atoms with van der Waals surface area (Å²) in [5.41, 5.74) is 1.15. The van der Waals surface area contributed by atoms with Gasteiger partial charge in [-0.3, -0.25) is 4.79 Å². The molecule has 208 valence electrons. The second-order valence-electron chi connectivity index (χ2n) is 9.61. The average Bonchev–Trinajstić information content (AvgIpc) is 3.40. The minimum atomic E-state index is -4.37. The lowest BCUT2D eigenvalue weighted by Crippen LogP contribution is -2.29. The van der Waals surface area contributed by atoms with Gasteiger partial charge in [-0.25, -0.2) is 0 Å². The van der Waals surface area contributed by atoms with Gasteiger partial charge in [0, 0.05) is 10.4 Å². The van der Waals surface area contributed by atoms with Crippen molar-refractivity contribution in [2.75, 3.05) is 7.11 Å². The van der Waals surface area contributed by atoms with Gasteiger partial charge in [0.2, 0.25) is 0 Å². The van der Waals surface area contributed by atoms with Gasteiger partial charge < -0.3 is 23.5 Å². The zero-order valence-corrected chi connectivity index (χ0v) is 23.7. The predicted octanol–water partition coefficient (Wildman–Crippen LogP) is 5.90. The molecule has 4 aromatic carbocycles. The van der Waals surface area contributed by atoms with Gasteiger partial charge in [-0.2, -0.15) is 8.42 Å². The molecule has 41 heavy (non-hydrogen) atoms. The molecule has 1 aliphatic rings. The van der Waals surface area contributed by atoms with Crippen LogP contribution in [0.15, 0.2) is 101 Å². The normalized spacial score (nSPS) is 14.9. The van der Waals surface area contributed by atoms with Gasteiger partial charge in [-0.05, 0) is 65.7 Å². The number of ether oxygens (including phenoxy) is 2. The fourth-order valence-electron chi connectivity index (χ4n) is 4.87. The van der Waals surface area contributed by atoms with E-state index < -0.39 is 21.9 Å². The maximum absolute atomic E-state index is 14.2. The van der Waals surface area contributed by atoms with E-state index in [-0.39, 0.29) is 22.8 Å². The van der Waals surface area contributed by atoms with Crippen molar-refractivity contribution in [1.82, 2.24) is 9.88 Å². The maximum atomic E-state index is 14.2. The molecule has 0 amide bonds. The van der Waals surface area contributed by atoms with Crippen LogP contribution >= 0.6 is 11.6 Å². The molecule has 6 rings (SSSR count). The molecule has 0 saturated heterocycles. The van der Waals surface area contributed by atoms with E-state index in [0.29, 0.717) is 27.4 Å². The van der Waals surface area contributed by atoms with E-state index in [0.717, 1.165) is 16.3 Å². The van der Waals surface area contributed by atoms with Crippen molar-refractivity contribution >= 4 is 49.1 Å². The van der Waals surface area contributed by atoms with E-state index >= 15 is 0 Å². The SMILES string of the molecule is COc1ccc(Cn2c(=O)c(C3=COC(C)N3)c(OS(=O)(=O)c3ccc4ccccc4c3)c3cc(Cl)ccc32)cc1. The second kappa shape index (κ2) is 10.5. The molecule has 1 atom stereocenters. The molecular weight excluding hydrogens is 564 g/mol. The number of rotatable bonds is 7. The fraction of sp³-hybridized carbons (Fsp3) is 0.129. The van der Waals surface area contributed by atoms with E-state index in [1.807, 2.05) is 48.5 Å². The van der Waals surface area contributed by atoms with Crippen LogP contribution in [0.4, 0.5) is 0 Å². The Bertz CT molecular complexity index is 2000. The monoisotopic (exact) mass is 588 g/mol. The number of aromatic nitrogens is 1. The van der Waals surface area contributed by atoms with Gasteiger partial charge in [0.1, 0.15) is 22.5 Å². The molecule has 1 aliphatic heterocycles. The summed E-state index contributed by atoms with van der Waals surface area (Å²) in [4.78, 5) is 14.2. The lowest BCUT2D eigenvalue weighted by molar-refractivity contribution is 0.171. The molecule has 8 nitrogen and oxygen atoms in total. The zero-order chi connectivity index (χ0) is 28.7. The Hall–Kier alpha value is -4.47. The molecule has 0 saturated carbocycles. The van der Waals surface area contributed by atoms with Crippen molar-refractivity contribution in [3.05, 3.63) is 118 Å². The molecule has 0 aliphatic carbocycles. The molecule has 5 aromatic rings. The third kappa shape index (κ3) is 5.10. The van der Waals surface area contributed by atoms with Gasteiger partial charge >= 0.3 is 10.1 Å². The first kappa shape index (κ1) is 26.7. The minimum absolute atomic E-state index is 0.0157. The van der Waals surface area contributed by atoms with Crippen LogP contribution < -0.4 is 19.8 Å². The number of hydrogen-bond acceptors (Lipinski definition) is 7. The smallest absolute Gasteiger partial charge is 0.339 e. The Morgan fingerprint density at radius 1 is 0.976 bits per heavy atom. The number of nitrogens with one attached hydrogen (secondary N) is 1. The zero-order valence-electron chi connectivity index (χ0n) is 22.1. The number of methoxy groups -OCH3 is 1. The number of halogens is 1. The summed E-state index contributed by atoms with van der Waals surface area (Å²) < 4.78 is 45.6. The first-order valence-corrected chi connectivity index (χ1v) is 14.6.